The van der Waals surface area contributed by atoms with Crippen LogP contribution in [-0.2, 0) is 5.41 Å². The van der Waals surface area contributed by atoms with E-state index in [1.165, 1.54) is 11.1 Å². The maximum absolute atomic E-state index is 10.1. The number of aliphatic hydroxyl groups is 1. The first kappa shape index (κ1) is 15.3. The second-order valence-electron chi connectivity index (χ2n) is 6.36. The minimum Gasteiger partial charge on any atom is -0.496 e. The van der Waals surface area contributed by atoms with Crippen molar-refractivity contribution >= 4 is 0 Å². The highest BCUT2D eigenvalue weighted by Gasteiger charge is 2.37. The summed E-state index contributed by atoms with van der Waals surface area (Å²) >= 11 is 0. The lowest BCUT2D eigenvalue weighted by atomic mass is 9.72. The Kier molecular flexibility index (Phi) is 4.71. The van der Waals surface area contributed by atoms with Gasteiger partial charge in [0.25, 0.3) is 0 Å². The van der Waals surface area contributed by atoms with Crippen LogP contribution in [0.4, 0.5) is 0 Å². The monoisotopic (exact) mass is 277 g/mol. The molecule has 1 aliphatic heterocycles. The van der Waals surface area contributed by atoms with E-state index in [9.17, 15) is 5.11 Å². The quantitative estimate of drug-likeness (QED) is 0.918. The van der Waals surface area contributed by atoms with E-state index in [4.69, 9.17) is 4.74 Å². The number of ether oxygens (including phenoxy) is 1. The average Bonchev–Trinajstić information content (AvgIpc) is 2.48. The number of likely N-dealkylation sites (tertiary alicyclic amines) is 1. The van der Waals surface area contributed by atoms with E-state index in [-0.39, 0.29) is 12.0 Å². The molecule has 0 radical (unpaired) electrons. The lowest BCUT2D eigenvalue weighted by Gasteiger charge is -2.40. The first-order chi connectivity index (χ1) is 9.52. The average molecular weight is 277 g/mol. The number of benzene rings is 1. The molecule has 0 saturated carbocycles. The second-order valence-corrected chi connectivity index (χ2v) is 6.36. The highest BCUT2D eigenvalue weighted by molar-refractivity contribution is 5.44. The zero-order valence-corrected chi connectivity index (χ0v) is 13.1. The molecule has 20 heavy (non-hydrogen) atoms. The van der Waals surface area contributed by atoms with Crippen LogP contribution < -0.4 is 4.74 Å². The molecular formula is C17H27NO2. The zero-order chi connectivity index (χ0) is 14.8. The van der Waals surface area contributed by atoms with Crippen molar-refractivity contribution in [2.75, 3.05) is 33.9 Å². The third-order valence-corrected chi connectivity index (χ3v) is 4.71. The first-order valence-electron chi connectivity index (χ1n) is 7.50. The smallest absolute Gasteiger partial charge is 0.122 e. The SMILES string of the molecule is COc1ccc(C(C)C)cc1C1(CO)CCN(C)CC1. The summed E-state index contributed by atoms with van der Waals surface area (Å²) in [6, 6.07) is 6.43. The van der Waals surface area contributed by atoms with Gasteiger partial charge >= 0.3 is 0 Å². The number of hydrogen-bond acceptors (Lipinski definition) is 3. The van der Waals surface area contributed by atoms with E-state index in [0.717, 1.165) is 31.7 Å². The van der Waals surface area contributed by atoms with Gasteiger partial charge in [-0.15, -0.1) is 0 Å². The molecular weight excluding hydrogens is 250 g/mol. The molecule has 3 heteroatoms. The van der Waals surface area contributed by atoms with E-state index in [1.54, 1.807) is 7.11 Å². The molecule has 1 aromatic carbocycles. The van der Waals surface area contributed by atoms with Gasteiger partial charge in [-0.2, -0.15) is 0 Å². The van der Waals surface area contributed by atoms with Gasteiger partial charge in [-0.25, -0.2) is 0 Å². The number of piperidine rings is 1. The van der Waals surface area contributed by atoms with E-state index >= 15 is 0 Å². The number of methoxy groups -OCH3 is 1. The van der Waals surface area contributed by atoms with Gasteiger partial charge in [0.2, 0.25) is 0 Å². The predicted octanol–water partition coefficient (Wildman–Crippen LogP) is 2.77. The van der Waals surface area contributed by atoms with E-state index in [0.29, 0.717) is 5.92 Å². The Labute approximate surface area is 122 Å². The van der Waals surface area contributed by atoms with Crippen molar-refractivity contribution in [1.82, 2.24) is 4.90 Å². The number of aliphatic hydroxyl groups excluding tert-OH is 1. The number of hydrogen-bond donors (Lipinski definition) is 1. The molecule has 112 valence electrons. The van der Waals surface area contributed by atoms with Crippen molar-refractivity contribution in [1.29, 1.82) is 0 Å². The lowest BCUT2D eigenvalue weighted by Crippen LogP contribution is -2.43. The van der Waals surface area contributed by atoms with E-state index in [2.05, 4.69) is 44.0 Å². The molecule has 1 aliphatic rings. The van der Waals surface area contributed by atoms with Crippen molar-refractivity contribution in [3.63, 3.8) is 0 Å². The lowest BCUT2D eigenvalue weighted by molar-refractivity contribution is 0.112. The minimum absolute atomic E-state index is 0.150. The standard InChI is InChI=1S/C17H27NO2/c1-13(2)14-5-6-16(20-4)15(11-14)17(12-19)7-9-18(3)10-8-17/h5-6,11,13,19H,7-10,12H2,1-4H3. The molecule has 0 aromatic heterocycles. The maximum Gasteiger partial charge on any atom is 0.122 e. The summed E-state index contributed by atoms with van der Waals surface area (Å²) in [5.74, 6) is 1.40. The Morgan fingerprint density at radius 1 is 1.30 bits per heavy atom. The van der Waals surface area contributed by atoms with Crippen LogP contribution in [0.5, 0.6) is 5.75 Å². The molecule has 2 rings (SSSR count). The molecule has 0 amide bonds. The zero-order valence-electron chi connectivity index (χ0n) is 13.1. The molecule has 0 bridgehead atoms. The molecule has 1 heterocycles. The Bertz CT molecular complexity index is 448. The molecule has 1 fully saturated rings. The Hall–Kier alpha value is -1.06. The van der Waals surface area contributed by atoms with Crippen molar-refractivity contribution in [3.05, 3.63) is 29.3 Å². The van der Waals surface area contributed by atoms with Gasteiger partial charge in [0.05, 0.1) is 13.7 Å². The highest BCUT2D eigenvalue weighted by Crippen LogP contribution is 2.41. The largest absolute Gasteiger partial charge is 0.496 e. The first-order valence-corrected chi connectivity index (χ1v) is 7.50. The molecule has 0 unspecified atom stereocenters. The Balaban J connectivity index is 2.44. The van der Waals surface area contributed by atoms with Gasteiger partial charge in [-0.3, -0.25) is 0 Å². The van der Waals surface area contributed by atoms with Crippen LogP contribution in [0.3, 0.4) is 0 Å². The Morgan fingerprint density at radius 3 is 2.45 bits per heavy atom. The van der Waals surface area contributed by atoms with Crippen molar-refractivity contribution in [3.8, 4) is 5.75 Å². The topological polar surface area (TPSA) is 32.7 Å². The minimum atomic E-state index is -0.150. The fraction of sp³-hybridized carbons (Fsp3) is 0.647. The highest BCUT2D eigenvalue weighted by atomic mass is 16.5. The van der Waals surface area contributed by atoms with Gasteiger partial charge in [0, 0.05) is 11.0 Å². The predicted molar refractivity (Wildman–Crippen MR) is 82.6 cm³/mol. The third-order valence-electron chi connectivity index (χ3n) is 4.71. The normalized spacial score (nSPS) is 19.3. The summed E-state index contributed by atoms with van der Waals surface area (Å²) in [6.07, 6.45) is 1.97. The van der Waals surface area contributed by atoms with Gasteiger partial charge in [-0.1, -0.05) is 26.0 Å². The van der Waals surface area contributed by atoms with Crippen molar-refractivity contribution < 1.29 is 9.84 Å². The summed E-state index contributed by atoms with van der Waals surface area (Å²) < 4.78 is 5.56. The summed E-state index contributed by atoms with van der Waals surface area (Å²) in [4.78, 5) is 2.33. The van der Waals surface area contributed by atoms with Gasteiger partial charge in [-0.05, 0) is 50.5 Å². The number of nitrogens with zero attached hydrogens (tertiary/aromatic N) is 1. The van der Waals surface area contributed by atoms with Gasteiger partial charge in [0.15, 0.2) is 0 Å². The molecule has 0 spiro atoms. The Morgan fingerprint density at radius 2 is 1.95 bits per heavy atom. The summed E-state index contributed by atoms with van der Waals surface area (Å²) in [7, 11) is 3.86. The van der Waals surface area contributed by atoms with Crippen LogP contribution in [-0.4, -0.2) is 43.9 Å². The molecule has 0 aliphatic carbocycles. The molecule has 3 nitrogen and oxygen atoms in total. The maximum atomic E-state index is 10.1. The molecule has 1 aromatic rings. The summed E-state index contributed by atoms with van der Waals surface area (Å²) in [6.45, 7) is 6.64. The van der Waals surface area contributed by atoms with Crippen LogP contribution >= 0.6 is 0 Å². The molecule has 0 atom stereocenters. The fourth-order valence-corrected chi connectivity index (χ4v) is 3.06. The van der Waals surface area contributed by atoms with Crippen LogP contribution in [0, 0.1) is 0 Å². The fourth-order valence-electron chi connectivity index (χ4n) is 3.06. The van der Waals surface area contributed by atoms with Gasteiger partial charge in [0.1, 0.15) is 5.75 Å². The van der Waals surface area contributed by atoms with Crippen LogP contribution in [0.15, 0.2) is 18.2 Å². The number of rotatable bonds is 4. The van der Waals surface area contributed by atoms with Gasteiger partial charge < -0.3 is 14.7 Å². The van der Waals surface area contributed by atoms with Crippen LogP contribution in [0.2, 0.25) is 0 Å². The van der Waals surface area contributed by atoms with E-state index in [1.807, 2.05) is 0 Å². The van der Waals surface area contributed by atoms with Crippen LogP contribution in [0.25, 0.3) is 0 Å². The van der Waals surface area contributed by atoms with E-state index < -0.39 is 0 Å². The molecule has 1 saturated heterocycles. The molecule has 1 N–H and O–H groups in total. The van der Waals surface area contributed by atoms with Crippen molar-refractivity contribution in [2.24, 2.45) is 0 Å². The second kappa shape index (κ2) is 6.15. The summed E-state index contributed by atoms with van der Waals surface area (Å²) in [5, 5.41) is 10.1. The van der Waals surface area contributed by atoms with Crippen LogP contribution in [0.1, 0.15) is 43.7 Å². The van der Waals surface area contributed by atoms with Crippen molar-refractivity contribution in [2.45, 2.75) is 38.0 Å². The third kappa shape index (κ3) is 2.84. The summed E-state index contributed by atoms with van der Waals surface area (Å²) in [5.41, 5.74) is 2.34.